The van der Waals surface area contributed by atoms with Crippen molar-refractivity contribution < 1.29 is 9.47 Å². The van der Waals surface area contributed by atoms with Crippen LogP contribution in [0.3, 0.4) is 0 Å². The third kappa shape index (κ3) is 4.41. The molecule has 1 atom stereocenters. The number of fused-ring (bicyclic) bond motifs is 1. The van der Waals surface area contributed by atoms with Crippen LogP contribution in [0.15, 0.2) is 42.6 Å². The molecule has 3 rings (SSSR count). The molecule has 0 N–H and O–H groups in total. The summed E-state index contributed by atoms with van der Waals surface area (Å²) in [6, 6.07) is 12.7. The summed E-state index contributed by atoms with van der Waals surface area (Å²) in [6.07, 6.45) is 1.88. The molecule has 1 aromatic heterocycles. The molecule has 124 valence electrons. The standard InChI is InChI=1S/C18H25N3O2/c1-2-22-15-18-13-20(12-17-8-9-19-21(17)18)10-11-23-14-16-6-4-3-5-7-16/h3-9,18H,2,10-15H2,1H3/t18-/m0/s1. The summed E-state index contributed by atoms with van der Waals surface area (Å²) < 4.78 is 13.5. The monoisotopic (exact) mass is 315 g/mol. The number of nitrogens with zero attached hydrogens (tertiary/aromatic N) is 3. The molecule has 23 heavy (non-hydrogen) atoms. The van der Waals surface area contributed by atoms with Gasteiger partial charge < -0.3 is 9.47 Å². The quantitative estimate of drug-likeness (QED) is 0.702. The molecule has 0 radical (unpaired) electrons. The summed E-state index contributed by atoms with van der Waals surface area (Å²) in [5.74, 6) is 0. The van der Waals surface area contributed by atoms with E-state index < -0.39 is 0 Å². The van der Waals surface area contributed by atoms with Crippen LogP contribution in [0.4, 0.5) is 0 Å². The van der Waals surface area contributed by atoms with E-state index in [0.29, 0.717) is 19.3 Å². The smallest absolute Gasteiger partial charge is 0.0883 e. The summed E-state index contributed by atoms with van der Waals surface area (Å²) in [4.78, 5) is 2.42. The lowest BCUT2D eigenvalue weighted by molar-refractivity contribution is 0.0477. The lowest BCUT2D eigenvalue weighted by Gasteiger charge is -2.33. The summed E-state index contributed by atoms with van der Waals surface area (Å²) in [5.41, 5.74) is 2.47. The van der Waals surface area contributed by atoms with E-state index in [1.807, 2.05) is 31.3 Å². The minimum absolute atomic E-state index is 0.294. The van der Waals surface area contributed by atoms with Gasteiger partial charge in [0.1, 0.15) is 0 Å². The zero-order valence-corrected chi connectivity index (χ0v) is 13.7. The van der Waals surface area contributed by atoms with Gasteiger partial charge in [-0.25, -0.2) is 0 Å². The number of rotatable bonds is 8. The van der Waals surface area contributed by atoms with Gasteiger partial charge in [-0.05, 0) is 18.6 Å². The van der Waals surface area contributed by atoms with Gasteiger partial charge in [-0.3, -0.25) is 9.58 Å². The van der Waals surface area contributed by atoms with E-state index in [1.54, 1.807) is 0 Å². The Kier molecular flexibility index (Phi) is 5.80. The van der Waals surface area contributed by atoms with Crippen LogP contribution in [0, 0.1) is 0 Å². The lowest BCUT2D eigenvalue weighted by atomic mass is 10.2. The van der Waals surface area contributed by atoms with Crippen molar-refractivity contribution in [2.75, 3.05) is 32.9 Å². The number of ether oxygens (including phenoxy) is 2. The van der Waals surface area contributed by atoms with Crippen LogP contribution in [0.1, 0.15) is 24.2 Å². The number of benzene rings is 1. The molecule has 0 unspecified atom stereocenters. The van der Waals surface area contributed by atoms with Gasteiger partial charge in [-0.2, -0.15) is 5.10 Å². The fourth-order valence-corrected chi connectivity index (χ4v) is 2.97. The molecule has 1 aliphatic heterocycles. The Bertz CT molecular complexity index is 585. The molecular formula is C18H25N3O2. The zero-order valence-electron chi connectivity index (χ0n) is 13.7. The number of aromatic nitrogens is 2. The van der Waals surface area contributed by atoms with Crippen LogP contribution in [-0.2, 0) is 22.6 Å². The van der Waals surface area contributed by atoms with E-state index in [0.717, 1.165) is 32.8 Å². The minimum atomic E-state index is 0.294. The van der Waals surface area contributed by atoms with E-state index in [1.165, 1.54) is 11.3 Å². The second kappa shape index (κ2) is 8.24. The topological polar surface area (TPSA) is 39.5 Å². The van der Waals surface area contributed by atoms with Gasteiger partial charge >= 0.3 is 0 Å². The Labute approximate surface area is 137 Å². The van der Waals surface area contributed by atoms with E-state index >= 15 is 0 Å². The van der Waals surface area contributed by atoms with Gasteiger partial charge in [0.2, 0.25) is 0 Å². The summed E-state index contributed by atoms with van der Waals surface area (Å²) in [5, 5.41) is 4.44. The third-order valence-corrected chi connectivity index (χ3v) is 4.13. The Morgan fingerprint density at radius 3 is 2.87 bits per heavy atom. The second-order valence-electron chi connectivity index (χ2n) is 5.85. The highest BCUT2D eigenvalue weighted by atomic mass is 16.5. The summed E-state index contributed by atoms with van der Waals surface area (Å²) in [7, 11) is 0. The molecule has 0 amide bonds. The van der Waals surface area contributed by atoms with Gasteiger partial charge in [0.15, 0.2) is 0 Å². The van der Waals surface area contributed by atoms with E-state index in [9.17, 15) is 0 Å². The fourth-order valence-electron chi connectivity index (χ4n) is 2.97. The van der Waals surface area contributed by atoms with Crippen molar-refractivity contribution in [3.05, 3.63) is 53.9 Å². The molecular weight excluding hydrogens is 290 g/mol. The Morgan fingerprint density at radius 2 is 2.04 bits per heavy atom. The molecule has 2 aromatic rings. The van der Waals surface area contributed by atoms with E-state index in [4.69, 9.17) is 9.47 Å². The van der Waals surface area contributed by atoms with Crippen LogP contribution in [0.5, 0.6) is 0 Å². The molecule has 0 aliphatic carbocycles. The number of hydrogen-bond donors (Lipinski definition) is 0. The normalized spacial score (nSPS) is 18.0. The first kappa shape index (κ1) is 16.2. The summed E-state index contributed by atoms with van der Waals surface area (Å²) >= 11 is 0. The fraction of sp³-hybridized carbons (Fsp3) is 0.500. The molecule has 0 spiro atoms. The van der Waals surface area contributed by atoms with Crippen molar-refractivity contribution in [3.8, 4) is 0 Å². The van der Waals surface area contributed by atoms with Crippen LogP contribution in [0.25, 0.3) is 0 Å². The first-order chi connectivity index (χ1) is 11.4. The van der Waals surface area contributed by atoms with Crippen LogP contribution in [0.2, 0.25) is 0 Å². The van der Waals surface area contributed by atoms with Crippen LogP contribution >= 0.6 is 0 Å². The minimum Gasteiger partial charge on any atom is -0.379 e. The van der Waals surface area contributed by atoms with Crippen molar-refractivity contribution in [1.29, 1.82) is 0 Å². The molecule has 0 saturated heterocycles. The highest BCUT2D eigenvalue weighted by Gasteiger charge is 2.25. The predicted octanol–water partition coefficient (Wildman–Crippen LogP) is 2.49. The molecule has 1 aliphatic rings. The van der Waals surface area contributed by atoms with Crippen molar-refractivity contribution in [2.45, 2.75) is 26.1 Å². The first-order valence-electron chi connectivity index (χ1n) is 8.31. The van der Waals surface area contributed by atoms with Crippen molar-refractivity contribution >= 4 is 0 Å². The Balaban J connectivity index is 1.47. The van der Waals surface area contributed by atoms with Gasteiger partial charge in [0.05, 0.1) is 31.6 Å². The van der Waals surface area contributed by atoms with E-state index in [-0.39, 0.29) is 0 Å². The SMILES string of the molecule is CCOC[C@@H]1CN(CCOCc2ccccc2)Cc2ccnn21. The third-order valence-electron chi connectivity index (χ3n) is 4.13. The molecule has 0 bridgehead atoms. The molecule has 1 aromatic carbocycles. The van der Waals surface area contributed by atoms with Crippen LogP contribution in [-0.4, -0.2) is 47.6 Å². The molecule has 5 heteroatoms. The largest absolute Gasteiger partial charge is 0.379 e. The average molecular weight is 315 g/mol. The zero-order chi connectivity index (χ0) is 15.9. The van der Waals surface area contributed by atoms with Crippen molar-refractivity contribution in [2.24, 2.45) is 0 Å². The maximum atomic E-state index is 5.81. The highest BCUT2D eigenvalue weighted by Crippen LogP contribution is 2.20. The molecule has 5 nitrogen and oxygen atoms in total. The first-order valence-corrected chi connectivity index (χ1v) is 8.31. The van der Waals surface area contributed by atoms with Gasteiger partial charge in [0.25, 0.3) is 0 Å². The van der Waals surface area contributed by atoms with Crippen molar-refractivity contribution in [3.63, 3.8) is 0 Å². The lowest BCUT2D eigenvalue weighted by Crippen LogP contribution is -2.41. The summed E-state index contributed by atoms with van der Waals surface area (Å²) in [6.45, 7) is 7.72. The Hall–Kier alpha value is -1.69. The maximum absolute atomic E-state index is 5.81. The van der Waals surface area contributed by atoms with Crippen LogP contribution < -0.4 is 0 Å². The predicted molar refractivity (Wildman–Crippen MR) is 89.1 cm³/mol. The molecule has 2 heterocycles. The number of hydrogen-bond acceptors (Lipinski definition) is 4. The van der Waals surface area contributed by atoms with Crippen molar-refractivity contribution in [1.82, 2.24) is 14.7 Å². The van der Waals surface area contributed by atoms with Gasteiger partial charge in [-0.15, -0.1) is 0 Å². The van der Waals surface area contributed by atoms with E-state index in [2.05, 4.69) is 32.9 Å². The second-order valence-corrected chi connectivity index (χ2v) is 5.85. The average Bonchev–Trinajstić information content (AvgIpc) is 3.06. The van der Waals surface area contributed by atoms with Gasteiger partial charge in [-0.1, -0.05) is 30.3 Å². The Morgan fingerprint density at radius 1 is 1.17 bits per heavy atom. The van der Waals surface area contributed by atoms with Gasteiger partial charge in [0, 0.05) is 32.4 Å². The maximum Gasteiger partial charge on any atom is 0.0883 e. The molecule has 0 saturated carbocycles. The highest BCUT2D eigenvalue weighted by molar-refractivity contribution is 5.13. The molecule has 0 fully saturated rings.